The number of halogens is 1. The number of amides is 3. The van der Waals surface area contributed by atoms with Gasteiger partial charge in [0, 0.05) is 38.3 Å². The summed E-state index contributed by atoms with van der Waals surface area (Å²) in [5.74, 6) is -1.26. The van der Waals surface area contributed by atoms with Gasteiger partial charge < -0.3 is 25.8 Å². The third-order valence-corrected chi connectivity index (χ3v) is 6.91. The van der Waals surface area contributed by atoms with Crippen molar-refractivity contribution < 1.29 is 23.3 Å². The zero-order chi connectivity index (χ0) is 29.0. The van der Waals surface area contributed by atoms with Crippen LogP contribution in [0.5, 0.6) is 0 Å². The predicted octanol–water partition coefficient (Wildman–Crippen LogP) is 2.39. The molecule has 2 aromatic carbocycles. The molecule has 0 radical (unpaired) electrons. The fourth-order valence-electron chi connectivity index (χ4n) is 4.55. The van der Waals surface area contributed by atoms with Gasteiger partial charge in [-0.3, -0.25) is 14.5 Å². The van der Waals surface area contributed by atoms with Crippen LogP contribution in [-0.4, -0.2) is 83.0 Å². The molecule has 4 N–H and O–H groups in total. The summed E-state index contributed by atoms with van der Waals surface area (Å²) in [6.07, 6.45) is 2.42. The maximum atomic E-state index is 13.2. The summed E-state index contributed by atoms with van der Waals surface area (Å²) in [6.45, 7) is 3.70. The van der Waals surface area contributed by atoms with Crippen LogP contribution >= 0.6 is 0 Å². The Morgan fingerprint density at radius 1 is 1.00 bits per heavy atom. The van der Waals surface area contributed by atoms with E-state index in [1.807, 2.05) is 30.3 Å². The molecule has 3 aromatic rings. The summed E-state index contributed by atoms with van der Waals surface area (Å²) in [7, 11) is 0. The summed E-state index contributed by atoms with van der Waals surface area (Å²) in [5.41, 5.74) is 7.00. The van der Waals surface area contributed by atoms with Crippen LogP contribution in [0.15, 0.2) is 59.1 Å². The number of unbranched alkanes of at least 4 members (excludes halogenated alkanes) is 1. The first kappa shape index (κ1) is 29.8. The van der Waals surface area contributed by atoms with Crippen molar-refractivity contribution in [3.8, 4) is 0 Å². The zero-order valence-corrected chi connectivity index (χ0v) is 22.9. The highest BCUT2D eigenvalue weighted by atomic mass is 19.1. The Balaban J connectivity index is 1.26. The minimum atomic E-state index is -0.881. The maximum absolute atomic E-state index is 13.2. The van der Waals surface area contributed by atoms with E-state index in [0.29, 0.717) is 65.1 Å². The standard InChI is InChI=1S/C29H36FN7O4/c30-23-11-9-22(10-12-23)28(39)33-24(8-4-5-14-31)26(38)27-34-25(41-35-27)20-36-16-18-37(19-17-36)29(40)32-15-13-21-6-2-1-3-7-21/h1-3,6-7,9-12,24H,4-5,8,13-20,31H2,(H,32,40)(H,33,39). The molecule has 1 unspecified atom stereocenters. The van der Waals surface area contributed by atoms with Crippen LogP contribution in [0.25, 0.3) is 0 Å². The van der Waals surface area contributed by atoms with Crippen molar-refractivity contribution in [3.05, 3.63) is 83.3 Å². The molecule has 41 heavy (non-hydrogen) atoms. The summed E-state index contributed by atoms with van der Waals surface area (Å²) in [5, 5.41) is 9.55. The van der Waals surface area contributed by atoms with Gasteiger partial charge in [0.15, 0.2) is 0 Å². The Morgan fingerprint density at radius 2 is 1.73 bits per heavy atom. The Bertz CT molecular complexity index is 1280. The number of ketones is 1. The zero-order valence-electron chi connectivity index (χ0n) is 22.9. The number of rotatable bonds is 13. The Kier molecular flexibility index (Phi) is 10.9. The van der Waals surface area contributed by atoms with Gasteiger partial charge >= 0.3 is 6.03 Å². The molecule has 1 fully saturated rings. The number of urea groups is 1. The number of Topliss-reactive ketones (excluding diaryl/α,β-unsaturated/α-hetero) is 1. The van der Waals surface area contributed by atoms with Crippen molar-refractivity contribution in [2.45, 2.75) is 38.3 Å². The smallest absolute Gasteiger partial charge is 0.317 e. The number of piperazine rings is 1. The average molecular weight is 566 g/mol. The summed E-state index contributed by atoms with van der Waals surface area (Å²) < 4.78 is 18.6. The lowest BCUT2D eigenvalue weighted by molar-refractivity contribution is 0.0843. The van der Waals surface area contributed by atoms with Crippen LogP contribution in [0.1, 0.15) is 51.7 Å². The second-order valence-corrected chi connectivity index (χ2v) is 9.92. The van der Waals surface area contributed by atoms with Gasteiger partial charge in [0.2, 0.25) is 17.5 Å². The van der Waals surface area contributed by atoms with Gasteiger partial charge in [0.25, 0.3) is 5.91 Å². The third-order valence-electron chi connectivity index (χ3n) is 6.91. The van der Waals surface area contributed by atoms with Crippen LogP contribution in [0.4, 0.5) is 9.18 Å². The normalized spacial score (nSPS) is 14.4. The van der Waals surface area contributed by atoms with Crippen LogP contribution in [0.2, 0.25) is 0 Å². The fraction of sp³-hybridized carbons (Fsp3) is 0.414. The van der Waals surface area contributed by atoms with E-state index in [1.54, 1.807) is 4.90 Å². The first-order chi connectivity index (χ1) is 19.9. The quantitative estimate of drug-likeness (QED) is 0.212. The van der Waals surface area contributed by atoms with Crippen molar-refractivity contribution in [2.24, 2.45) is 5.73 Å². The van der Waals surface area contributed by atoms with Gasteiger partial charge in [-0.1, -0.05) is 35.5 Å². The van der Waals surface area contributed by atoms with Crippen molar-refractivity contribution in [2.75, 3.05) is 39.3 Å². The lowest BCUT2D eigenvalue weighted by Gasteiger charge is -2.33. The molecule has 1 aliphatic rings. The number of aromatic nitrogens is 2. The fourth-order valence-corrected chi connectivity index (χ4v) is 4.55. The molecule has 1 aromatic heterocycles. The molecule has 2 heterocycles. The number of hydrogen-bond acceptors (Lipinski definition) is 8. The average Bonchev–Trinajstić information content (AvgIpc) is 3.46. The van der Waals surface area contributed by atoms with Gasteiger partial charge in [0.05, 0.1) is 12.6 Å². The van der Waals surface area contributed by atoms with E-state index < -0.39 is 23.5 Å². The summed E-state index contributed by atoms with van der Waals surface area (Å²) in [4.78, 5) is 46.6. The molecule has 12 heteroatoms. The molecule has 0 saturated carbocycles. The first-order valence-corrected chi connectivity index (χ1v) is 13.9. The molecule has 1 atom stereocenters. The van der Waals surface area contributed by atoms with Gasteiger partial charge in [-0.05, 0) is 62.1 Å². The lowest BCUT2D eigenvalue weighted by Crippen LogP contribution is -2.51. The lowest BCUT2D eigenvalue weighted by atomic mass is 10.0. The molecule has 1 saturated heterocycles. The van der Waals surface area contributed by atoms with Crippen molar-refractivity contribution in [3.63, 3.8) is 0 Å². The Hall–Kier alpha value is -4.16. The van der Waals surface area contributed by atoms with E-state index in [1.165, 1.54) is 29.8 Å². The maximum Gasteiger partial charge on any atom is 0.317 e. The molecule has 4 rings (SSSR count). The molecular weight excluding hydrogens is 529 g/mol. The highest BCUT2D eigenvalue weighted by molar-refractivity contribution is 6.02. The minimum absolute atomic E-state index is 0.0883. The van der Waals surface area contributed by atoms with Crippen molar-refractivity contribution in [1.29, 1.82) is 0 Å². The number of carbonyl (C=O) groups excluding carboxylic acids is 3. The molecule has 0 spiro atoms. The summed E-state index contributed by atoms with van der Waals surface area (Å²) >= 11 is 0. The van der Waals surface area contributed by atoms with Crippen LogP contribution in [-0.2, 0) is 13.0 Å². The predicted molar refractivity (Wildman–Crippen MR) is 150 cm³/mol. The highest BCUT2D eigenvalue weighted by Crippen LogP contribution is 2.12. The van der Waals surface area contributed by atoms with Crippen molar-refractivity contribution in [1.82, 2.24) is 30.6 Å². The number of carbonyl (C=O) groups is 3. The largest absolute Gasteiger partial charge is 0.342 e. The number of hydrogen-bond donors (Lipinski definition) is 3. The molecular formula is C29H36FN7O4. The van der Waals surface area contributed by atoms with Gasteiger partial charge in [0.1, 0.15) is 5.82 Å². The van der Waals surface area contributed by atoms with Crippen LogP contribution in [0, 0.1) is 5.82 Å². The van der Waals surface area contributed by atoms with E-state index in [9.17, 15) is 18.8 Å². The molecule has 218 valence electrons. The Labute approximate surface area is 238 Å². The highest BCUT2D eigenvalue weighted by Gasteiger charge is 2.28. The van der Waals surface area contributed by atoms with Crippen LogP contribution in [0.3, 0.4) is 0 Å². The molecule has 0 bridgehead atoms. The van der Waals surface area contributed by atoms with E-state index in [0.717, 1.165) is 6.42 Å². The van der Waals surface area contributed by atoms with E-state index in [-0.39, 0.29) is 23.3 Å². The molecule has 11 nitrogen and oxygen atoms in total. The molecule has 3 amide bonds. The number of nitrogens with zero attached hydrogens (tertiary/aromatic N) is 4. The number of benzene rings is 2. The first-order valence-electron chi connectivity index (χ1n) is 13.9. The van der Waals surface area contributed by atoms with Gasteiger partial charge in [-0.15, -0.1) is 0 Å². The molecule has 0 aliphatic carbocycles. The minimum Gasteiger partial charge on any atom is -0.342 e. The summed E-state index contributed by atoms with van der Waals surface area (Å²) in [6, 6.07) is 14.1. The monoisotopic (exact) mass is 565 g/mol. The second kappa shape index (κ2) is 15.0. The number of nitrogens with one attached hydrogen (secondary N) is 2. The second-order valence-electron chi connectivity index (χ2n) is 9.92. The SMILES string of the molecule is NCCCCC(NC(=O)c1ccc(F)cc1)C(=O)c1noc(CN2CCN(C(=O)NCCc3ccccc3)CC2)n1. The number of nitrogens with two attached hydrogens (primary N) is 1. The van der Waals surface area contributed by atoms with E-state index >= 15 is 0 Å². The molecule has 1 aliphatic heterocycles. The topological polar surface area (TPSA) is 147 Å². The van der Waals surface area contributed by atoms with E-state index in [4.69, 9.17) is 10.3 Å². The van der Waals surface area contributed by atoms with Gasteiger partial charge in [-0.2, -0.15) is 4.98 Å². The Morgan fingerprint density at radius 3 is 2.44 bits per heavy atom. The van der Waals surface area contributed by atoms with Crippen molar-refractivity contribution >= 4 is 17.7 Å². The van der Waals surface area contributed by atoms with Crippen LogP contribution < -0.4 is 16.4 Å². The van der Waals surface area contributed by atoms with E-state index in [2.05, 4.69) is 25.7 Å². The third kappa shape index (κ3) is 8.92. The van der Waals surface area contributed by atoms with Gasteiger partial charge in [-0.25, -0.2) is 9.18 Å².